The van der Waals surface area contributed by atoms with E-state index in [4.69, 9.17) is 4.74 Å². The molecule has 0 fully saturated rings. The highest BCUT2D eigenvalue weighted by Crippen LogP contribution is 2.33. The van der Waals surface area contributed by atoms with E-state index in [0.717, 1.165) is 6.42 Å². The molecule has 0 amide bonds. The van der Waals surface area contributed by atoms with Gasteiger partial charge in [0.15, 0.2) is 0 Å². The predicted octanol–water partition coefficient (Wildman–Crippen LogP) is 4.82. The summed E-state index contributed by atoms with van der Waals surface area (Å²) in [6.07, 6.45) is -3.82. The Bertz CT molecular complexity index is 889. The largest absolute Gasteiger partial charge is 0.491 e. The number of rotatable bonds is 5. The van der Waals surface area contributed by atoms with Gasteiger partial charge in [0.1, 0.15) is 17.2 Å². The van der Waals surface area contributed by atoms with E-state index in [2.05, 4.69) is 20.3 Å². The summed E-state index contributed by atoms with van der Waals surface area (Å²) in [5.74, 6) is -0.567. The molecule has 0 saturated heterocycles. The van der Waals surface area contributed by atoms with E-state index < -0.39 is 12.0 Å². The van der Waals surface area contributed by atoms with Gasteiger partial charge in [-0.3, -0.25) is 0 Å². The predicted molar refractivity (Wildman–Crippen MR) is 89.1 cm³/mol. The zero-order valence-electron chi connectivity index (χ0n) is 13.7. The molecular formula is C17H17F3N4O. The van der Waals surface area contributed by atoms with Crippen LogP contribution in [0.5, 0.6) is 5.75 Å². The third-order valence-electron chi connectivity index (χ3n) is 3.48. The fraction of sp³-hybridized carbons (Fsp3) is 0.294. The van der Waals surface area contributed by atoms with Crippen LogP contribution < -0.4 is 10.1 Å². The molecule has 5 nitrogen and oxygen atoms in total. The first-order valence-corrected chi connectivity index (χ1v) is 7.82. The number of nitrogens with zero attached hydrogens (tertiary/aromatic N) is 2. The van der Waals surface area contributed by atoms with Crippen molar-refractivity contribution in [2.24, 2.45) is 0 Å². The van der Waals surface area contributed by atoms with E-state index in [9.17, 15) is 13.2 Å². The molecule has 0 aliphatic heterocycles. The normalized spacial score (nSPS) is 11.7. The Morgan fingerprint density at radius 2 is 1.96 bits per heavy atom. The van der Waals surface area contributed by atoms with Gasteiger partial charge < -0.3 is 15.0 Å². The number of H-pyrrole nitrogens is 1. The molecule has 0 radical (unpaired) electrons. The fourth-order valence-corrected chi connectivity index (χ4v) is 2.40. The maximum atomic E-state index is 13.1. The molecule has 0 saturated carbocycles. The number of aromatic amines is 1. The molecule has 2 aromatic heterocycles. The topological polar surface area (TPSA) is 62.8 Å². The maximum Gasteiger partial charge on any atom is 0.451 e. The Morgan fingerprint density at radius 3 is 2.68 bits per heavy atom. The summed E-state index contributed by atoms with van der Waals surface area (Å²) in [4.78, 5) is 10.1. The van der Waals surface area contributed by atoms with Gasteiger partial charge in [-0.1, -0.05) is 19.1 Å². The van der Waals surface area contributed by atoms with Gasteiger partial charge in [-0.05, 0) is 31.5 Å². The Morgan fingerprint density at radius 1 is 1.20 bits per heavy atom. The van der Waals surface area contributed by atoms with Crippen LogP contribution in [0.3, 0.4) is 0 Å². The molecule has 3 rings (SSSR count). The molecule has 0 aliphatic carbocycles. The van der Waals surface area contributed by atoms with Crippen LogP contribution in [0.2, 0.25) is 0 Å². The van der Waals surface area contributed by atoms with Gasteiger partial charge >= 0.3 is 6.18 Å². The van der Waals surface area contributed by atoms with Gasteiger partial charge in [-0.25, -0.2) is 9.97 Å². The van der Waals surface area contributed by atoms with Gasteiger partial charge in [-0.15, -0.1) is 0 Å². The number of para-hydroxylation sites is 2. The van der Waals surface area contributed by atoms with Crippen molar-refractivity contribution in [1.82, 2.24) is 15.0 Å². The number of ether oxygens (including phenoxy) is 1. The highest BCUT2D eigenvalue weighted by atomic mass is 19.4. The second-order valence-electron chi connectivity index (χ2n) is 5.58. The van der Waals surface area contributed by atoms with E-state index in [-0.39, 0.29) is 11.5 Å². The monoisotopic (exact) mass is 350 g/mol. The van der Waals surface area contributed by atoms with E-state index >= 15 is 0 Å². The molecule has 2 N–H and O–H groups in total. The number of halogens is 3. The van der Waals surface area contributed by atoms with Crippen LogP contribution in [0.15, 0.2) is 30.3 Å². The van der Waals surface area contributed by atoms with Crippen LogP contribution in [0, 0.1) is 6.92 Å². The Kier molecular flexibility index (Phi) is 4.52. The summed E-state index contributed by atoms with van der Waals surface area (Å²) in [5, 5.41) is 3.44. The number of aryl methyl sites for hydroxylation is 1. The molecule has 25 heavy (non-hydrogen) atoms. The van der Waals surface area contributed by atoms with Crippen molar-refractivity contribution in [2.45, 2.75) is 26.4 Å². The molecule has 0 atom stereocenters. The van der Waals surface area contributed by atoms with Gasteiger partial charge in [0.25, 0.3) is 0 Å². The molecule has 0 aliphatic rings. The minimum Gasteiger partial charge on any atom is -0.491 e. The van der Waals surface area contributed by atoms with Crippen molar-refractivity contribution in [3.05, 3.63) is 41.9 Å². The number of nitrogens with one attached hydrogen (secondary N) is 2. The zero-order valence-corrected chi connectivity index (χ0v) is 13.7. The first-order valence-electron chi connectivity index (χ1n) is 7.82. The number of hydrogen-bond acceptors (Lipinski definition) is 4. The smallest absolute Gasteiger partial charge is 0.451 e. The SMILES string of the molecule is CCCOc1ccccc1Nc1nc(C(F)(F)F)nc2[nH]c(C)cc12. The number of benzene rings is 1. The van der Waals surface area contributed by atoms with Crippen LogP contribution in [0.4, 0.5) is 24.7 Å². The lowest BCUT2D eigenvalue weighted by Crippen LogP contribution is -2.12. The molecule has 132 valence electrons. The summed E-state index contributed by atoms with van der Waals surface area (Å²) < 4.78 is 44.9. The maximum absolute atomic E-state index is 13.1. The van der Waals surface area contributed by atoms with Gasteiger partial charge in [0.2, 0.25) is 5.82 Å². The average Bonchev–Trinajstić information content (AvgIpc) is 2.94. The lowest BCUT2D eigenvalue weighted by Gasteiger charge is -2.14. The number of alkyl halides is 3. The molecule has 3 aromatic rings. The van der Waals surface area contributed by atoms with E-state index in [0.29, 0.717) is 29.1 Å². The minimum atomic E-state index is -4.64. The van der Waals surface area contributed by atoms with Gasteiger partial charge in [0.05, 0.1) is 17.7 Å². The molecule has 0 unspecified atom stereocenters. The minimum absolute atomic E-state index is 0.0780. The fourth-order valence-electron chi connectivity index (χ4n) is 2.40. The Hall–Kier alpha value is -2.77. The summed E-state index contributed by atoms with van der Waals surface area (Å²) >= 11 is 0. The number of aromatic nitrogens is 3. The second-order valence-corrected chi connectivity index (χ2v) is 5.58. The number of anilines is 2. The van der Waals surface area contributed by atoms with E-state index in [1.165, 1.54) is 0 Å². The first-order chi connectivity index (χ1) is 11.9. The van der Waals surface area contributed by atoms with Crippen LogP contribution in [0.1, 0.15) is 24.9 Å². The average molecular weight is 350 g/mol. The molecule has 0 bridgehead atoms. The Labute approximate surface area is 142 Å². The Balaban J connectivity index is 2.06. The molecule has 2 heterocycles. The lowest BCUT2D eigenvalue weighted by molar-refractivity contribution is -0.144. The second kappa shape index (κ2) is 6.62. The zero-order chi connectivity index (χ0) is 18.0. The quantitative estimate of drug-likeness (QED) is 0.693. The van der Waals surface area contributed by atoms with E-state index in [1.54, 1.807) is 37.3 Å². The summed E-state index contributed by atoms with van der Waals surface area (Å²) in [7, 11) is 0. The van der Waals surface area contributed by atoms with Gasteiger partial charge in [-0.2, -0.15) is 13.2 Å². The van der Waals surface area contributed by atoms with Crippen molar-refractivity contribution in [2.75, 3.05) is 11.9 Å². The van der Waals surface area contributed by atoms with Crippen LogP contribution in [-0.2, 0) is 6.18 Å². The molecular weight excluding hydrogens is 333 g/mol. The van der Waals surface area contributed by atoms with Crippen molar-refractivity contribution in [3.63, 3.8) is 0 Å². The van der Waals surface area contributed by atoms with Crippen molar-refractivity contribution >= 4 is 22.5 Å². The number of hydrogen-bond donors (Lipinski definition) is 2. The van der Waals surface area contributed by atoms with Crippen molar-refractivity contribution < 1.29 is 17.9 Å². The molecule has 1 aromatic carbocycles. The van der Waals surface area contributed by atoms with Crippen LogP contribution >= 0.6 is 0 Å². The highest BCUT2D eigenvalue weighted by Gasteiger charge is 2.36. The summed E-state index contributed by atoms with van der Waals surface area (Å²) in [6, 6.07) is 8.75. The van der Waals surface area contributed by atoms with Crippen molar-refractivity contribution in [3.8, 4) is 5.75 Å². The third kappa shape index (κ3) is 3.67. The van der Waals surface area contributed by atoms with Crippen LogP contribution in [-0.4, -0.2) is 21.6 Å². The molecule has 0 spiro atoms. The lowest BCUT2D eigenvalue weighted by atomic mass is 10.2. The third-order valence-corrected chi connectivity index (χ3v) is 3.48. The summed E-state index contributed by atoms with van der Waals surface area (Å²) in [6.45, 7) is 4.23. The molecule has 8 heteroatoms. The van der Waals surface area contributed by atoms with Gasteiger partial charge in [0, 0.05) is 5.69 Å². The van der Waals surface area contributed by atoms with Crippen LogP contribution in [0.25, 0.3) is 11.0 Å². The van der Waals surface area contributed by atoms with Crippen molar-refractivity contribution in [1.29, 1.82) is 0 Å². The number of fused-ring (bicyclic) bond motifs is 1. The van der Waals surface area contributed by atoms with E-state index in [1.807, 2.05) is 6.92 Å². The summed E-state index contributed by atoms with van der Waals surface area (Å²) in [5.41, 5.74) is 1.37. The standard InChI is InChI=1S/C17H17F3N4O/c1-3-8-25-13-7-5-4-6-12(13)22-15-11-9-10(2)21-14(11)23-16(24-15)17(18,19)20/h4-7,9H,3,8H2,1-2H3,(H2,21,22,23,24). The first kappa shape index (κ1) is 17.1. The highest BCUT2D eigenvalue weighted by molar-refractivity contribution is 5.90.